The second-order valence-corrected chi connectivity index (χ2v) is 5.47. The molecule has 0 radical (unpaired) electrons. The van der Waals surface area contributed by atoms with Gasteiger partial charge in [-0.05, 0) is 25.8 Å². The Morgan fingerprint density at radius 2 is 2.18 bits per heavy atom. The van der Waals surface area contributed by atoms with Crippen LogP contribution in [-0.4, -0.2) is 21.8 Å². The fourth-order valence-corrected chi connectivity index (χ4v) is 2.69. The first-order valence-electron chi connectivity index (χ1n) is 5.54. The predicted octanol–water partition coefficient (Wildman–Crippen LogP) is 2.54. The molecule has 0 aliphatic rings. The minimum atomic E-state index is 0.126. The lowest BCUT2D eigenvalue weighted by molar-refractivity contribution is 0.318. The van der Waals surface area contributed by atoms with Crippen molar-refractivity contribution in [1.29, 1.82) is 0 Å². The molecule has 0 spiro atoms. The summed E-state index contributed by atoms with van der Waals surface area (Å²) in [6, 6.07) is 1.98. The average molecular weight is 253 g/mol. The van der Waals surface area contributed by atoms with Crippen LogP contribution in [0.1, 0.15) is 30.8 Å². The lowest BCUT2D eigenvalue weighted by Gasteiger charge is -2.12. The van der Waals surface area contributed by atoms with Crippen molar-refractivity contribution in [2.75, 3.05) is 5.75 Å². The summed E-state index contributed by atoms with van der Waals surface area (Å²) in [4.78, 5) is 5.37. The van der Waals surface area contributed by atoms with Crippen molar-refractivity contribution in [3.8, 4) is 0 Å². The van der Waals surface area contributed by atoms with E-state index in [-0.39, 0.29) is 5.84 Å². The Kier molecular flexibility index (Phi) is 4.81. The van der Waals surface area contributed by atoms with Gasteiger partial charge in [-0.3, -0.25) is 4.98 Å². The second kappa shape index (κ2) is 5.91. The summed E-state index contributed by atoms with van der Waals surface area (Å²) >= 11 is 1.72. The number of nitrogens with zero attached hydrogens (tertiary/aromatic N) is 2. The second-order valence-electron chi connectivity index (χ2n) is 4.41. The number of hydrogen-bond donors (Lipinski definition) is 2. The molecule has 0 fully saturated rings. The molecule has 1 aromatic rings. The first-order chi connectivity index (χ1) is 7.95. The number of pyridine rings is 1. The maximum atomic E-state index is 8.81. The fourth-order valence-electron chi connectivity index (χ4n) is 1.52. The van der Waals surface area contributed by atoms with Crippen molar-refractivity contribution >= 4 is 17.6 Å². The third kappa shape index (κ3) is 3.63. The zero-order valence-corrected chi connectivity index (χ0v) is 11.5. The van der Waals surface area contributed by atoms with Gasteiger partial charge in [0, 0.05) is 22.0 Å². The number of thioether (sulfide) groups is 1. The molecule has 0 aromatic carbocycles. The van der Waals surface area contributed by atoms with Crippen LogP contribution in [0.5, 0.6) is 0 Å². The molecule has 1 aromatic heterocycles. The number of aryl methyl sites for hydroxylation is 2. The molecule has 3 N–H and O–H groups in total. The van der Waals surface area contributed by atoms with Crippen LogP contribution >= 0.6 is 11.8 Å². The largest absolute Gasteiger partial charge is 0.409 e. The maximum Gasteiger partial charge on any atom is 0.173 e. The molecule has 0 aliphatic carbocycles. The van der Waals surface area contributed by atoms with E-state index in [4.69, 9.17) is 10.9 Å². The van der Waals surface area contributed by atoms with Crippen molar-refractivity contribution in [1.82, 2.24) is 4.98 Å². The normalized spacial score (nSPS) is 12.2. The Bertz CT molecular complexity index is 430. The Balaban J connectivity index is 3.16. The SMILES string of the molecule is Cc1cc(SCC(C)C)c(/C(N)=N/O)c(C)n1. The van der Waals surface area contributed by atoms with Gasteiger partial charge in [-0.15, -0.1) is 11.8 Å². The predicted molar refractivity (Wildman–Crippen MR) is 71.8 cm³/mol. The molecule has 4 nitrogen and oxygen atoms in total. The van der Waals surface area contributed by atoms with Crippen LogP contribution in [0.25, 0.3) is 0 Å². The Morgan fingerprint density at radius 1 is 1.53 bits per heavy atom. The Hall–Kier alpha value is -1.23. The highest BCUT2D eigenvalue weighted by Gasteiger charge is 2.13. The third-order valence-corrected chi connectivity index (χ3v) is 3.69. The van der Waals surface area contributed by atoms with Crippen LogP contribution in [0, 0.1) is 19.8 Å². The zero-order valence-electron chi connectivity index (χ0n) is 10.7. The monoisotopic (exact) mass is 253 g/mol. The van der Waals surface area contributed by atoms with E-state index in [1.165, 1.54) is 0 Å². The highest BCUT2D eigenvalue weighted by Crippen LogP contribution is 2.27. The molecule has 0 unspecified atom stereocenters. The van der Waals surface area contributed by atoms with Gasteiger partial charge in [-0.1, -0.05) is 19.0 Å². The third-order valence-electron chi connectivity index (χ3n) is 2.23. The molecule has 1 heterocycles. The van der Waals surface area contributed by atoms with E-state index in [0.29, 0.717) is 5.92 Å². The zero-order chi connectivity index (χ0) is 13.0. The van der Waals surface area contributed by atoms with Gasteiger partial charge in [0.2, 0.25) is 0 Å². The van der Waals surface area contributed by atoms with Crippen LogP contribution in [0.2, 0.25) is 0 Å². The van der Waals surface area contributed by atoms with E-state index in [2.05, 4.69) is 24.0 Å². The summed E-state index contributed by atoms with van der Waals surface area (Å²) in [7, 11) is 0. The van der Waals surface area contributed by atoms with Gasteiger partial charge in [0.25, 0.3) is 0 Å². The number of nitrogens with two attached hydrogens (primary N) is 1. The summed E-state index contributed by atoms with van der Waals surface area (Å²) in [6.45, 7) is 8.15. The molecule has 0 aliphatic heterocycles. The summed E-state index contributed by atoms with van der Waals surface area (Å²) in [5.41, 5.74) is 8.18. The number of amidine groups is 1. The van der Waals surface area contributed by atoms with Gasteiger partial charge in [-0.2, -0.15) is 0 Å². The summed E-state index contributed by atoms with van der Waals surface area (Å²) in [5, 5.41) is 11.9. The number of aromatic nitrogens is 1. The molecule has 94 valence electrons. The molecule has 0 amide bonds. The first kappa shape index (κ1) is 13.8. The van der Waals surface area contributed by atoms with E-state index >= 15 is 0 Å². The van der Waals surface area contributed by atoms with Gasteiger partial charge in [0.05, 0.1) is 5.56 Å². The van der Waals surface area contributed by atoms with E-state index in [9.17, 15) is 0 Å². The molecule has 0 atom stereocenters. The minimum Gasteiger partial charge on any atom is -0.409 e. The topological polar surface area (TPSA) is 71.5 Å². The lowest BCUT2D eigenvalue weighted by atomic mass is 10.1. The van der Waals surface area contributed by atoms with Crippen LogP contribution < -0.4 is 5.73 Å². The quantitative estimate of drug-likeness (QED) is 0.284. The number of rotatable bonds is 4. The fraction of sp³-hybridized carbons (Fsp3) is 0.500. The Labute approximate surface area is 106 Å². The highest BCUT2D eigenvalue weighted by molar-refractivity contribution is 7.99. The van der Waals surface area contributed by atoms with Gasteiger partial charge >= 0.3 is 0 Å². The standard InChI is InChI=1S/C12H19N3OS/c1-7(2)6-17-10-5-8(3)14-9(4)11(10)12(13)15-16/h5,7,16H,6H2,1-4H3,(H2,13,15). The van der Waals surface area contributed by atoms with E-state index in [1.54, 1.807) is 11.8 Å². The molecule has 0 saturated carbocycles. The molecule has 0 bridgehead atoms. The van der Waals surface area contributed by atoms with Crippen LogP contribution in [0.15, 0.2) is 16.1 Å². The van der Waals surface area contributed by atoms with Crippen LogP contribution in [0.4, 0.5) is 0 Å². The van der Waals surface area contributed by atoms with E-state index in [0.717, 1.165) is 27.6 Å². The highest BCUT2D eigenvalue weighted by atomic mass is 32.2. The van der Waals surface area contributed by atoms with Gasteiger partial charge in [0.1, 0.15) is 0 Å². The van der Waals surface area contributed by atoms with Gasteiger partial charge < -0.3 is 10.9 Å². The average Bonchev–Trinajstić information content (AvgIpc) is 2.24. The summed E-state index contributed by atoms with van der Waals surface area (Å²) in [6.07, 6.45) is 0. The first-order valence-corrected chi connectivity index (χ1v) is 6.53. The summed E-state index contributed by atoms with van der Waals surface area (Å²) in [5.74, 6) is 1.71. The van der Waals surface area contributed by atoms with Crippen molar-refractivity contribution in [2.24, 2.45) is 16.8 Å². The molecular formula is C12H19N3OS. The van der Waals surface area contributed by atoms with Crippen molar-refractivity contribution in [3.63, 3.8) is 0 Å². The summed E-state index contributed by atoms with van der Waals surface area (Å²) < 4.78 is 0. The van der Waals surface area contributed by atoms with E-state index in [1.807, 2.05) is 19.9 Å². The van der Waals surface area contributed by atoms with Gasteiger partial charge in [-0.25, -0.2) is 0 Å². The molecule has 1 rings (SSSR count). The van der Waals surface area contributed by atoms with Crippen molar-refractivity contribution in [2.45, 2.75) is 32.6 Å². The number of hydrogen-bond acceptors (Lipinski definition) is 4. The smallest absolute Gasteiger partial charge is 0.173 e. The Morgan fingerprint density at radius 3 is 2.71 bits per heavy atom. The molecule has 5 heteroatoms. The van der Waals surface area contributed by atoms with Crippen molar-refractivity contribution in [3.05, 3.63) is 23.0 Å². The van der Waals surface area contributed by atoms with Crippen LogP contribution in [-0.2, 0) is 0 Å². The molecule has 0 saturated heterocycles. The minimum absolute atomic E-state index is 0.126. The van der Waals surface area contributed by atoms with E-state index < -0.39 is 0 Å². The number of oxime groups is 1. The van der Waals surface area contributed by atoms with Crippen molar-refractivity contribution < 1.29 is 5.21 Å². The molecular weight excluding hydrogens is 234 g/mol. The van der Waals surface area contributed by atoms with Gasteiger partial charge in [0.15, 0.2) is 5.84 Å². The maximum absolute atomic E-state index is 8.81. The van der Waals surface area contributed by atoms with Crippen LogP contribution in [0.3, 0.4) is 0 Å². The lowest BCUT2D eigenvalue weighted by Crippen LogP contribution is -2.17. The molecule has 17 heavy (non-hydrogen) atoms.